The number of rotatable bonds is 28. The number of fused-ring (bicyclic) bond motifs is 5. The van der Waals surface area contributed by atoms with E-state index >= 15 is 0 Å². The van der Waals surface area contributed by atoms with Crippen molar-refractivity contribution in [2.45, 2.75) is 187 Å². The normalized spacial score (nSPS) is 34.9. The Kier molecular flexibility index (Phi) is 20.3. The molecule has 0 radical (unpaired) electrons. The van der Waals surface area contributed by atoms with Crippen molar-refractivity contribution in [2.75, 3.05) is 52.5 Å². The molecule has 7 heteroatoms. The average molecular weight is 733 g/mol. The van der Waals surface area contributed by atoms with E-state index in [4.69, 9.17) is 31.4 Å². The van der Waals surface area contributed by atoms with Gasteiger partial charge in [-0.15, -0.1) is 0 Å². The van der Waals surface area contributed by atoms with Gasteiger partial charge in [0.2, 0.25) is 0 Å². The van der Waals surface area contributed by atoms with E-state index in [-0.39, 0.29) is 5.41 Å². The van der Waals surface area contributed by atoms with Crippen molar-refractivity contribution in [3.63, 3.8) is 0 Å². The first-order chi connectivity index (χ1) is 25.3. The lowest BCUT2D eigenvalue weighted by atomic mass is 9.43. The minimum Gasteiger partial charge on any atom is -0.378 e. The van der Waals surface area contributed by atoms with Gasteiger partial charge >= 0.3 is 0 Å². The van der Waals surface area contributed by atoms with Crippen LogP contribution in [0.1, 0.15) is 169 Å². The predicted molar refractivity (Wildman–Crippen MR) is 219 cm³/mol. The number of ether oxygens (including phenoxy) is 3. The van der Waals surface area contributed by atoms with Gasteiger partial charge in [0, 0.05) is 25.2 Å². The van der Waals surface area contributed by atoms with E-state index in [2.05, 4.69) is 33.0 Å². The van der Waals surface area contributed by atoms with Crippen LogP contribution < -0.4 is 22.5 Å². The molecule has 0 aromatic rings. The van der Waals surface area contributed by atoms with Crippen molar-refractivity contribution in [1.29, 1.82) is 0 Å². The molecule has 7 N–H and O–H groups in total. The van der Waals surface area contributed by atoms with Crippen LogP contribution in [-0.4, -0.2) is 70.9 Å². The number of nitrogens with two attached hydrogens (primary N) is 3. The van der Waals surface area contributed by atoms with Crippen LogP contribution in [0.25, 0.3) is 0 Å². The third kappa shape index (κ3) is 11.9. The maximum atomic E-state index is 7.06. The third-order valence-electron chi connectivity index (χ3n) is 15.2. The third-order valence-corrected chi connectivity index (χ3v) is 15.2. The molecular weight excluding hydrogens is 645 g/mol. The SMILES string of the molecule is CCCCCCCCCCCCNCCCC(C)[C@H]1CC[C@H]2C3[C@H](OCCCN)CC4CC(OCCCN)CC[C@]4(C)[C@H]3C[C@H](OCCCN)[C@]12C. The molecule has 4 fully saturated rings. The van der Waals surface area contributed by atoms with E-state index in [1.165, 1.54) is 122 Å². The summed E-state index contributed by atoms with van der Waals surface area (Å²) in [6.07, 6.45) is 29.1. The van der Waals surface area contributed by atoms with Crippen LogP contribution in [0.2, 0.25) is 0 Å². The molecular formula is C45H88N4O3. The van der Waals surface area contributed by atoms with Gasteiger partial charge in [-0.05, 0) is 157 Å². The van der Waals surface area contributed by atoms with Crippen LogP contribution in [0.3, 0.4) is 0 Å². The van der Waals surface area contributed by atoms with Gasteiger partial charge in [-0.2, -0.15) is 0 Å². The van der Waals surface area contributed by atoms with Gasteiger partial charge in [0.1, 0.15) is 0 Å². The Morgan fingerprint density at radius 2 is 1.27 bits per heavy atom. The molecule has 0 aromatic heterocycles. The summed E-state index contributed by atoms with van der Waals surface area (Å²) in [4.78, 5) is 0. The molecule has 7 nitrogen and oxygen atoms in total. The molecule has 11 atom stereocenters. The first kappa shape index (κ1) is 44.4. The van der Waals surface area contributed by atoms with Gasteiger partial charge in [0.15, 0.2) is 0 Å². The number of unbranched alkanes of at least 4 members (excludes halogenated alkanes) is 9. The summed E-state index contributed by atoms with van der Waals surface area (Å²) in [5.74, 6) is 3.92. The van der Waals surface area contributed by atoms with Crippen molar-refractivity contribution in [2.24, 2.45) is 63.5 Å². The Bertz CT molecular complexity index is 940. The number of hydrogen-bond acceptors (Lipinski definition) is 7. The molecule has 4 unspecified atom stereocenters. The molecule has 4 aliphatic rings. The summed E-state index contributed by atoms with van der Waals surface area (Å²) in [5, 5.41) is 3.80. The average Bonchev–Trinajstić information content (AvgIpc) is 3.50. The lowest BCUT2D eigenvalue weighted by Crippen LogP contribution is -2.63. The van der Waals surface area contributed by atoms with E-state index < -0.39 is 0 Å². The predicted octanol–water partition coefficient (Wildman–Crippen LogP) is 8.99. The van der Waals surface area contributed by atoms with Crippen LogP contribution in [0.4, 0.5) is 0 Å². The zero-order valence-electron chi connectivity index (χ0n) is 34.9. The minimum absolute atomic E-state index is 0.180. The van der Waals surface area contributed by atoms with Crippen molar-refractivity contribution in [3.05, 3.63) is 0 Å². The van der Waals surface area contributed by atoms with Gasteiger partial charge in [-0.1, -0.05) is 85.5 Å². The largest absolute Gasteiger partial charge is 0.378 e. The minimum atomic E-state index is 0.180. The summed E-state index contributed by atoms with van der Waals surface area (Å²) < 4.78 is 20.4. The summed E-state index contributed by atoms with van der Waals surface area (Å²) in [7, 11) is 0. The van der Waals surface area contributed by atoms with Gasteiger partial charge in [-0.3, -0.25) is 0 Å². The summed E-state index contributed by atoms with van der Waals surface area (Å²) >= 11 is 0. The highest BCUT2D eigenvalue weighted by Crippen LogP contribution is 2.69. The van der Waals surface area contributed by atoms with Crippen molar-refractivity contribution in [1.82, 2.24) is 5.32 Å². The summed E-state index contributed by atoms with van der Waals surface area (Å²) in [6, 6.07) is 0. The molecule has 0 amide bonds. The maximum Gasteiger partial charge on any atom is 0.0637 e. The topological polar surface area (TPSA) is 118 Å². The highest BCUT2D eigenvalue weighted by molar-refractivity contribution is 5.15. The molecule has 4 saturated carbocycles. The molecule has 0 aliphatic heterocycles. The molecule has 0 bridgehead atoms. The summed E-state index contributed by atoms with van der Waals surface area (Å²) in [5.41, 5.74) is 18.3. The fraction of sp³-hybridized carbons (Fsp3) is 1.00. The molecule has 0 aromatic carbocycles. The molecule has 0 heterocycles. The van der Waals surface area contributed by atoms with Crippen LogP contribution in [0, 0.1) is 46.3 Å². The molecule has 0 spiro atoms. The maximum absolute atomic E-state index is 7.06. The second kappa shape index (κ2) is 23.7. The lowest BCUT2D eigenvalue weighted by molar-refractivity contribution is -0.227. The van der Waals surface area contributed by atoms with Crippen LogP contribution in [0.15, 0.2) is 0 Å². The Hall–Kier alpha value is -0.280. The Balaban J connectivity index is 1.36. The Morgan fingerprint density at radius 3 is 1.94 bits per heavy atom. The van der Waals surface area contributed by atoms with E-state index in [9.17, 15) is 0 Å². The molecule has 0 saturated heterocycles. The van der Waals surface area contributed by atoms with Gasteiger partial charge in [0.25, 0.3) is 0 Å². The first-order valence-electron chi connectivity index (χ1n) is 23.0. The number of hydrogen-bond donors (Lipinski definition) is 4. The van der Waals surface area contributed by atoms with E-state index in [0.717, 1.165) is 52.0 Å². The van der Waals surface area contributed by atoms with E-state index in [1.807, 2.05) is 0 Å². The van der Waals surface area contributed by atoms with Gasteiger partial charge in [0.05, 0.1) is 18.3 Å². The highest BCUT2D eigenvalue weighted by Gasteiger charge is 2.66. The van der Waals surface area contributed by atoms with Crippen molar-refractivity contribution < 1.29 is 14.2 Å². The lowest BCUT2D eigenvalue weighted by Gasteiger charge is -2.65. The standard InChI is InChI=1S/C45H88N4O3/c1-5-6-7-8-9-10-11-12-13-14-27-49-28-15-19-35(2)38-20-21-39-43-40(34-42(45(38,39)4)52-31-18-26-48)44(3)23-22-37(50-29-16-24-46)32-36(44)33-41(43)51-30-17-25-47/h35-43,49H,5-34,46-48H2,1-4H3/t35?,36?,37?,38-,39+,40+,41-,42+,43?,44+,45-/m1/s1. The molecule has 4 aliphatic carbocycles. The zero-order chi connectivity index (χ0) is 37.2. The molecule has 306 valence electrons. The van der Waals surface area contributed by atoms with E-state index in [0.29, 0.717) is 78.9 Å². The first-order valence-corrected chi connectivity index (χ1v) is 23.0. The van der Waals surface area contributed by atoms with E-state index in [1.54, 1.807) is 0 Å². The summed E-state index contributed by atoms with van der Waals surface area (Å²) in [6.45, 7) is 17.0. The Labute approximate surface area is 322 Å². The highest BCUT2D eigenvalue weighted by atomic mass is 16.5. The smallest absolute Gasteiger partial charge is 0.0637 e. The Morgan fingerprint density at radius 1 is 0.654 bits per heavy atom. The second-order valence-corrected chi connectivity index (χ2v) is 18.5. The van der Waals surface area contributed by atoms with Crippen molar-refractivity contribution in [3.8, 4) is 0 Å². The number of nitrogens with one attached hydrogen (secondary N) is 1. The van der Waals surface area contributed by atoms with Crippen LogP contribution >= 0.6 is 0 Å². The van der Waals surface area contributed by atoms with Crippen molar-refractivity contribution >= 4 is 0 Å². The van der Waals surface area contributed by atoms with Crippen LogP contribution in [-0.2, 0) is 14.2 Å². The van der Waals surface area contributed by atoms with Crippen LogP contribution in [0.5, 0.6) is 0 Å². The molecule has 4 rings (SSSR count). The quantitative estimate of drug-likeness (QED) is 0.0594. The molecule has 52 heavy (non-hydrogen) atoms. The van der Waals surface area contributed by atoms with Gasteiger partial charge in [-0.25, -0.2) is 0 Å². The van der Waals surface area contributed by atoms with Gasteiger partial charge < -0.3 is 36.7 Å². The monoisotopic (exact) mass is 733 g/mol. The fourth-order valence-corrected chi connectivity index (χ4v) is 12.2. The fourth-order valence-electron chi connectivity index (χ4n) is 12.2. The zero-order valence-corrected chi connectivity index (χ0v) is 34.9. The second-order valence-electron chi connectivity index (χ2n) is 18.5.